The second-order valence-electron chi connectivity index (χ2n) is 4.92. The van der Waals surface area contributed by atoms with E-state index in [0.29, 0.717) is 6.04 Å². The average Bonchev–Trinajstić information content (AvgIpc) is 2.37. The second kappa shape index (κ2) is 7.39. The number of nitrogens with one attached hydrogen (secondary N) is 1. The minimum absolute atomic E-state index is 0.231. The number of anilines is 1. The van der Waals surface area contributed by atoms with Crippen LogP contribution in [-0.2, 0) is 0 Å². The Hall–Kier alpha value is -1.06. The SMILES string of the molecule is CCN(C)c1ccc(C(C)NCCC(C)O)cc1. The van der Waals surface area contributed by atoms with Crippen LogP contribution in [0.15, 0.2) is 24.3 Å². The van der Waals surface area contributed by atoms with Gasteiger partial charge < -0.3 is 15.3 Å². The lowest BCUT2D eigenvalue weighted by Gasteiger charge is -2.19. The summed E-state index contributed by atoms with van der Waals surface area (Å²) in [7, 11) is 2.10. The quantitative estimate of drug-likeness (QED) is 0.780. The molecular formula is C15H26N2O. The number of rotatable bonds is 7. The van der Waals surface area contributed by atoms with Crippen LogP contribution in [0.4, 0.5) is 5.69 Å². The maximum absolute atomic E-state index is 9.21. The third-order valence-corrected chi connectivity index (χ3v) is 3.32. The van der Waals surface area contributed by atoms with E-state index < -0.39 is 0 Å². The molecule has 0 amide bonds. The molecule has 0 spiro atoms. The molecule has 0 aliphatic heterocycles. The highest BCUT2D eigenvalue weighted by molar-refractivity contribution is 5.47. The first-order chi connectivity index (χ1) is 8.54. The zero-order valence-electron chi connectivity index (χ0n) is 12.0. The molecule has 102 valence electrons. The summed E-state index contributed by atoms with van der Waals surface area (Å²) in [6, 6.07) is 8.98. The summed E-state index contributed by atoms with van der Waals surface area (Å²) in [5.74, 6) is 0. The summed E-state index contributed by atoms with van der Waals surface area (Å²) in [6.45, 7) is 7.98. The first kappa shape index (κ1) is 15.0. The highest BCUT2D eigenvalue weighted by atomic mass is 16.3. The van der Waals surface area contributed by atoms with Gasteiger partial charge in [-0.15, -0.1) is 0 Å². The van der Waals surface area contributed by atoms with Crippen molar-refractivity contribution in [2.75, 3.05) is 25.0 Å². The second-order valence-corrected chi connectivity index (χ2v) is 4.92. The predicted octanol–water partition coefficient (Wildman–Crippen LogP) is 2.56. The van der Waals surface area contributed by atoms with E-state index in [2.05, 4.69) is 55.4 Å². The summed E-state index contributed by atoms with van der Waals surface area (Å²) in [5, 5.41) is 12.6. The van der Waals surface area contributed by atoms with E-state index in [1.54, 1.807) is 0 Å². The van der Waals surface area contributed by atoms with Crippen LogP contribution in [0.2, 0.25) is 0 Å². The van der Waals surface area contributed by atoms with Crippen molar-refractivity contribution in [3.05, 3.63) is 29.8 Å². The molecule has 0 aliphatic carbocycles. The highest BCUT2D eigenvalue weighted by Gasteiger charge is 2.06. The van der Waals surface area contributed by atoms with Crippen molar-refractivity contribution in [2.24, 2.45) is 0 Å². The topological polar surface area (TPSA) is 35.5 Å². The maximum Gasteiger partial charge on any atom is 0.0524 e. The Kier molecular flexibility index (Phi) is 6.16. The Balaban J connectivity index is 2.51. The van der Waals surface area contributed by atoms with Crippen molar-refractivity contribution in [3.8, 4) is 0 Å². The fraction of sp³-hybridized carbons (Fsp3) is 0.600. The maximum atomic E-state index is 9.21. The first-order valence-electron chi connectivity index (χ1n) is 6.77. The summed E-state index contributed by atoms with van der Waals surface area (Å²) < 4.78 is 0. The summed E-state index contributed by atoms with van der Waals surface area (Å²) in [6.07, 6.45) is 0.561. The van der Waals surface area contributed by atoms with Crippen LogP contribution < -0.4 is 10.2 Å². The van der Waals surface area contributed by atoms with Gasteiger partial charge in [0.05, 0.1) is 6.10 Å². The monoisotopic (exact) mass is 250 g/mol. The van der Waals surface area contributed by atoms with Crippen LogP contribution in [0.25, 0.3) is 0 Å². The Morgan fingerprint density at radius 3 is 2.33 bits per heavy atom. The van der Waals surface area contributed by atoms with E-state index in [1.807, 2.05) is 6.92 Å². The number of benzene rings is 1. The van der Waals surface area contributed by atoms with Gasteiger partial charge in [0.15, 0.2) is 0 Å². The Morgan fingerprint density at radius 1 is 1.22 bits per heavy atom. The van der Waals surface area contributed by atoms with Gasteiger partial charge in [-0.2, -0.15) is 0 Å². The van der Waals surface area contributed by atoms with E-state index in [9.17, 15) is 5.11 Å². The van der Waals surface area contributed by atoms with Crippen LogP contribution >= 0.6 is 0 Å². The minimum Gasteiger partial charge on any atom is -0.393 e. The number of aliphatic hydroxyl groups excluding tert-OH is 1. The van der Waals surface area contributed by atoms with Gasteiger partial charge in [-0.25, -0.2) is 0 Å². The van der Waals surface area contributed by atoms with Crippen molar-refractivity contribution in [1.29, 1.82) is 0 Å². The molecular weight excluding hydrogens is 224 g/mol. The molecule has 0 bridgehead atoms. The zero-order chi connectivity index (χ0) is 13.5. The molecule has 2 atom stereocenters. The standard InChI is InChI=1S/C15H26N2O/c1-5-17(4)15-8-6-14(7-9-15)13(3)16-11-10-12(2)18/h6-9,12-13,16,18H,5,10-11H2,1-4H3. The number of hydrogen-bond donors (Lipinski definition) is 2. The van der Waals surface area contributed by atoms with Gasteiger partial charge >= 0.3 is 0 Å². The van der Waals surface area contributed by atoms with Gasteiger partial charge in [-0.05, 0) is 51.4 Å². The minimum atomic E-state index is -0.231. The Bertz CT molecular complexity index is 335. The van der Waals surface area contributed by atoms with Crippen molar-refractivity contribution < 1.29 is 5.11 Å². The van der Waals surface area contributed by atoms with Crippen molar-refractivity contribution >= 4 is 5.69 Å². The van der Waals surface area contributed by atoms with E-state index in [0.717, 1.165) is 19.5 Å². The van der Waals surface area contributed by atoms with E-state index in [4.69, 9.17) is 0 Å². The zero-order valence-corrected chi connectivity index (χ0v) is 12.0. The van der Waals surface area contributed by atoms with E-state index in [1.165, 1.54) is 11.3 Å². The fourth-order valence-electron chi connectivity index (χ4n) is 1.83. The largest absolute Gasteiger partial charge is 0.393 e. The lowest BCUT2D eigenvalue weighted by Crippen LogP contribution is -2.22. The lowest BCUT2D eigenvalue weighted by atomic mass is 10.1. The van der Waals surface area contributed by atoms with Crippen LogP contribution in [0.1, 0.15) is 38.8 Å². The molecule has 0 saturated carbocycles. The van der Waals surface area contributed by atoms with E-state index >= 15 is 0 Å². The molecule has 0 saturated heterocycles. The molecule has 3 nitrogen and oxygen atoms in total. The molecule has 1 rings (SSSR count). The normalized spacial score (nSPS) is 14.3. The average molecular weight is 250 g/mol. The summed E-state index contributed by atoms with van der Waals surface area (Å²) in [5.41, 5.74) is 2.53. The molecule has 0 heterocycles. The van der Waals surface area contributed by atoms with Gasteiger partial charge in [0, 0.05) is 25.3 Å². The summed E-state index contributed by atoms with van der Waals surface area (Å²) >= 11 is 0. The van der Waals surface area contributed by atoms with Crippen LogP contribution in [0.5, 0.6) is 0 Å². The van der Waals surface area contributed by atoms with Gasteiger partial charge in [-0.3, -0.25) is 0 Å². The van der Waals surface area contributed by atoms with Crippen LogP contribution in [0.3, 0.4) is 0 Å². The molecule has 18 heavy (non-hydrogen) atoms. The molecule has 0 radical (unpaired) electrons. The molecule has 0 aromatic heterocycles. The van der Waals surface area contributed by atoms with Crippen LogP contribution in [-0.4, -0.2) is 31.3 Å². The number of nitrogens with zero attached hydrogens (tertiary/aromatic N) is 1. The summed E-state index contributed by atoms with van der Waals surface area (Å²) in [4.78, 5) is 2.22. The highest BCUT2D eigenvalue weighted by Crippen LogP contribution is 2.18. The lowest BCUT2D eigenvalue weighted by molar-refractivity contribution is 0.182. The predicted molar refractivity (Wildman–Crippen MR) is 78.1 cm³/mol. The van der Waals surface area contributed by atoms with Crippen molar-refractivity contribution in [3.63, 3.8) is 0 Å². The molecule has 2 N–H and O–H groups in total. The van der Waals surface area contributed by atoms with Gasteiger partial charge in [-0.1, -0.05) is 12.1 Å². The van der Waals surface area contributed by atoms with Gasteiger partial charge in [0.1, 0.15) is 0 Å². The van der Waals surface area contributed by atoms with E-state index in [-0.39, 0.29) is 6.10 Å². The molecule has 2 unspecified atom stereocenters. The van der Waals surface area contributed by atoms with Crippen LogP contribution in [0, 0.1) is 0 Å². The first-order valence-corrected chi connectivity index (χ1v) is 6.77. The van der Waals surface area contributed by atoms with Gasteiger partial charge in [0.2, 0.25) is 0 Å². The van der Waals surface area contributed by atoms with Gasteiger partial charge in [0.25, 0.3) is 0 Å². The van der Waals surface area contributed by atoms with Crippen molar-refractivity contribution in [1.82, 2.24) is 5.32 Å². The molecule has 3 heteroatoms. The number of aliphatic hydroxyl groups is 1. The number of hydrogen-bond acceptors (Lipinski definition) is 3. The molecule has 0 fully saturated rings. The van der Waals surface area contributed by atoms with Crippen molar-refractivity contribution in [2.45, 2.75) is 39.3 Å². The Morgan fingerprint density at radius 2 is 1.83 bits per heavy atom. The third kappa shape index (κ3) is 4.67. The molecule has 0 aliphatic rings. The smallest absolute Gasteiger partial charge is 0.0524 e. The molecule has 1 aromatic carbocycles. The Labute approximate surface area is 111 Å². The molecule has 1 aromatic rings. The fourth-order valence-corrected chi connectivity index (χ4v) is 1.83. The third-order valence-electron chi connectivity index (χ3n) is 3.32.